The first kappa shape index (κ1) is 20.1. The molecule has 0 aliphatic heterocycles. The van der Waals surface area contributed by atoms with Crippen LogP contribution in [0.1, 0.15) is 0 Å². The number of fused-ring (bicyclic) bond motifs is 1. The van der Waals surface area contributed by atoms with Gasteiger partial charge in [0, 0.05) is 39.7 Å². The second-order valence-corrected chi connectivity index (χ2v) is 6.93. The Hall–Kier alpha value is -3.23. The molecule has 0 aliphatic carbocycles. The average Bonchev–Trinajstić information content (AvgIpc) is 3.15. The van der Waals surface area contributed by atoms with Gasteiger partial charge in [0.05, 0.1) is 11.3 Å². The quantitative estimate of drug-likeness (QED) is 0.292. The number of pyridine rings is 1. The van der Waals surface area contributed by atoms with Crippen LogP contribution in [0.25, 0.3) is 44.8 Å². The van der Waals surface area contributed by atoms with Gasteiger partial charge >= 0.3 is 0 Å². The molecule has 0 atom stereocenters. The molecule has 0 spiro atoms. The van der Waals surface area contributed by atoms with Gasteiger partial charge in [0.2, 0.25) is 0 Å². The van der Waals surface area contributed by atoms with Crippen LogP contribution < -0.4 is 0 Å². The zero-order chi connectivity index (χ0) is 19.8. The molecule has 0 bridgehead atoms. The molecule has 5 rings (SSSR count). The summed E-state index contributed by atoms with van der Waals surface area (Å²) in [5.74, 6) is 0.902. The van der Waals surface area contributed by atoms with Crippen molar-refractivity contribution in [2.45, 2.75) is 0 Å². The monoisotopic (exact) mass is 571 g/mol. The minimum atomic E-state index is 0. The maximum atomic E-state index is 10.3. The van der Waals surface area contributed by atoms with Crippen molar-refractivity contribution in [2.24, 2.45) is 7.05 Å². The van der Waals surface area contributed by atoms with Gasteiger partial charge < -0.3 is 9.67 Å². The number of nitrogens with zero attached hydrogens (tertiary/aromatic N) is 3. The van der Waals surface area contributed by atoms with E-state index in [4.69, 9.17) is 9.97 Å². The van der Waals surface area contributed by atoms with Crippen molar-refractivity contribution in [1.82, 2.24) is 14.5 Å². The third-order valence-corrected chi connectivity index (χ3v) is 4.99. The molecular formula is C25H18N3OPt-. The van der Waals surface area contributed by atoms with Crippen LogP contribution in [0.4, 0.5) is 0 Å². The molecule has 2 aromatic heterocycles. The van der Waals surface area contributed by atoms with Crippen molar-refractivity contribution in [3.8, 4) is 39.8 Å². The Morgan fingerprint density at radius 3 is 2.43 bits per heavy atom. The Bertz CT molecular complexity index is 1330. The fraction of sp³-hybridized carbons (Fsp3) is 0.0400. The Kier molecular flexibility index (Phi) is 5.52. The van der Waals surface area contributed by atoms with Crippen molar-refractivity contribution in [1.29, 1.82) is 0 Å². The van der Waals surface area contributed by atoms with E-state index in [2.05, 4.69) is 24.3 Å². The van der Waals surface area contributed by atoms with Gasteiger partial charge in [-0.05, 0) is 23.2 Å². The van der Waals surface area contributed by atoms with E-state index in [1.165, 1.54) is 0 Å². The first-order valence-electron chi connectivity index (χ1n) is 9.40. The first-order chi connectivity index (χ1) is 14.2. The zero-order valence-electron chi connectivity index (χ0n) is 16.2. The van der Waals surface area contributed by atoms with Crippen molar-refractivity contribution >= 4 is 10.8 Å². The molecule has 2 heterocycles. The number of imidazole rings is 1. The summed E-state index contributed by atoms with van der Waals surface area (Å²) in [6, 6.07) is 28.6. The van der Waals surface area contributed by atoms with Crippen LogP contribution in [0.2, 0.25) is 0 Å². The number of rotatable bonds is 3. The topological polar surface area (TPSA) is 50.9 Å². The number of hydrogen-bond acceptors (Lipinski definition) is 3. The molecule has 5 heteroatoms. The number of phenolic OH excluding ortho intramolecular Hbond substituents is 1. The van der Waals surface area contributed by atoms with Gasteiger partial charge in [0.25, 0.3) is 0 Å². The summed E-state index contributed by atoms with van der Waals surface area (Å²) < 4.78 is 1.92. The number of para-hydroxylation sites is 1. The van der Waals surface area contributed by atoms with E-state index in [-0.39, 0.29) is 26.8 Å². The molecule has 3 aromatic carbocycles. The van der Waals surface area contributed by atoms with E-state index < -0.39 is 0 Å². The smallest absolute Gasteiger partial charge is 0.144 e. The predicted octanol–water partition coefficient (Wildman–Crippen LogP) is 5.47. The molecule has 0 saturated carbocycles. The number of aryl methyl sites for hydroxylation is 1. The SMILES string of the molecule is Cn1cc(-c2nc(-c3[c-]cccc3)cc3ccccc23)nc1-c1ccccc1O.[Pt]. The summed E-state index contributed by atoms with van der Waals surface area (Å²) in [6.07, 6.45) is 1.95. The van der Waals surface area contributed by atoms with Crippen molar-refractivity contribution in [3.05, 3.63) is 91.1 Å². The maximum absolute atomic E-state index is 10.3. The Balaban J connectivity index is 0.00000218. The third kappa shape index (κ3) is 3.55. The molecule has 1 N–H and O–H groups in total. The molecule has 5 aromatic rings. The van der Waals surface area contributed by atoms with E-state index in [9.17, 15) is 5.11 Å². The second kappa shape index (κ2) is 8.25. The normalized spacial score (nSPS) is 10.7. The zero-order valence-corrected chi connectivity index (χ0v) is 18.5. The number of phenols is 1. The van der Waals surface area contributed by atoms with Gasteiger partial charge in [-0.15, -0.1) is 35.9 Å². The largest absolute Gasteiger partial charge is 0.507 e. The summed E-state index contributed by atoms with van der Waals surface area (Å²) in [7, 11) is 1.93. The van der Waals surface area contributed by atoms with Crippen LogP contribution in [0.15, 0.2) is 85.1 Å². The molecular weight excluding hydrogens is 553 g/mol. The second-order valence-electron chi connectivity index (χ2n) is 6.93. The average molecular weight is 572 g/mol. The molecule has 0 fully saturated rings. The van der Waals surface area contributed by atoms with Crippen molar-refractivity contribution in [2.75, 3.05) is 0 Å². The number of benzene rings is 3. The van der Waals surface area contributed by atoms with Crippen LogP contribution >= 0.6 is 0 Å². The third-order valence-electron chi connectivity index (χ3n) is 4.99. The standard InChI is InChI=1S/C25H18N3O.Pt/c1-28-16-22(27-25(28)20-13-7-8-14-23(20)29)24-19-12-6-5-11-18(19)15-21(26-24)17-9-3-2-4-10-17;/h2-9,11-16,29H,1H3;/q-1;. The molecule has 0 aliphatic rings. The van der Waals surface area contributed by atoms with Gasteiger partial charge in [-0.3, -0.25) is 4.98 Å². The van der Waals surface area contributed by atoms with E-state index >= 15 is 0 Å². The van der Waals surface area contributed by atoms with Crippen LogP contribution in [0.3, 0.4) is 0 Å². The minimum Gasteiger partial charge on any atom is -0.507 e. The maximum Gasteiger partial charge on any atom is 0.144 e. The molecule has 30 heavy (non-hydrogen) atoms. The van der Waals surface area contributed by atoms with Crippen molar-refractivity contribution < 1.29 is 26.2 Å². The summed E-state index contributed by atoms with van der Waals surface area (Å²) in [4.78, 5) is 9.77. The summed E-state index contributed by atoms with van der Waals surface area (Å²) in [6.45, 7) is 0. The van der Waals surface area contributed by atoms with Crippen LogP contribution in [-0.4, -0.2) is 19.6 Å². The Labute approximate surface area is 189 Å². The predicted molar refractivity (Wildman–Crippen MR) is 115 cm³/mol. The summed E-state index contributed by atoms with van der Waals surface area (Å²) >= 11 is 0. The molecule has 4 nitrogen and oxygen atoms in total. The van der Waals surface area contributed by atoms with E-state index in [1.807, 2.05) is 66.3 Å². The van der Waals surface area contributed by atoms with Gasteiger partial charge in [0.1, 0.15) is 17.3 Å². The van der Waals surface area contributed by atoms with Gasteiger partial charge in [0.15, 0.2) is 0 Å². The van der Waals surface area contributed by atoms with Crippen molar-refractivity contribution in [3.63, 3.8) is 0 Å². The van der Waals surface area contributed by atoms with Gasteiger partial charge in [-0.25, -0.2) is 4.98 Å². The molecule has 0 saturated heterocycles. The molecule has 0 radical (unpaired) electrons. The van der Waals surface area contributed by atoms with Gasteiger partial charge in [-0.2, -0.15) is 0 Å². The molecule has 150 valence electrons. The molecule has 0 unspecified atom stereocenters. The van der Waals surface area contributed by atoms with E-state index in [1.54, 1.807) is 12.1 Å². The van der Waals surface area contributed by atoms with Gasteiger partial charge in [-0.1, -0.05) is 42.5 Å². The fourth-order valence-electron chi connectivity index (χ4n) is 3.58. The number of aromatic nitrogens is 3. The van der Waals surface area contributed by atoms with Crippen LogP contribution in [0, 0.1) is 6.07 Å². The molecule has 0 amide bonds. The summed E-state index contributed by atoms with van der Waals surface area (Å²) in [5, 5.41) is 12.4. The van der Waals surface area contributed by atoms with Crippen LogP contribution in [0.5, 0.6) is 5.75 Å². The summed E-state index contributed by atoms with van der Waals surface area (Å²) in [5.41, 5.74) is 4.07. The van der Waals surface area contributed by atoms with E-state index in [0.717, 1.165) is 33.4 Å². The Morgan fingerprint density at radius 1 is 0.867 bits per heavy atom. The number of aromatic hydroxyl groups is 1. The van der Waals surface area contributed by atoms with E-state index in [0.29, 0.717) is 11.4 Å². The Morgan fingerprint density at radius 2 is 1.63 bits per heavy atom. The van der Waals surface area contributed by atoms with Crippen LogP contribution in [-0.2, 0) is 28.1 Å². The number of hydrogen-bond donors (Lipinski definition) is 1. The fourth-order valence-corrected chi connectivity index (χ4v) is 3.58. The minimum absolute atomic E-state index is 0. The first-order valence-corrected chi connectivity index (χ1v) is 9.40.